The number of carbonyl (C=O) groups is 3. The molecule has 2 atom stereocenters. The van der Waals surface area contributed by atoms with Crippen LogP contribution in [-0.4, -0.2) is 86.4 Å². The molecule has 1 aromatic heterocycles. The summed E-state index contributed by atoms with van der Waals surface area (Å²) in [6.45, 7) is 4.17. The number of urea groups is 1. The molecule has 0 saturated carbocycles. The molecule has 12 nitrogen and oxygen atoms in total. The van der Waals surface area contributed by atoms with Gasteiger partial charge in [0.05, 0.1) is 25.4 Å². The molecule has 0 spiro atoms. The Balaban J connectivity index is 1.36. The first-order valence-corrected chi connectivity index (χ1v) is 14.9. The first kappa shape index (κ1) is 30.9. The average Bonchev–Trinajstić information content (AvgIpc) is 3.51. The summed E-state index contributed by atoms with van der Waals surface area (Å²) in [7, 11) is 1.58. The maximum absolute atomic E-state index is 13.3. The molecule has 44 heavy (non-hydrogen) atoms. The number of nitrogens with zero attached hydrogens (tertiary/aromatic N) is 1. The molecule has 2 aliphatic heterocycles. The zero-order chi connectivity index (χ0) is 30.9. The number of piperidine rings is 1. The van der Waals surface area contributed by atoms with Crippen LogP contribution in [0.2, 0.25) is 0 Å². The van der Waals surface area contributed by atoms with E-state index in [2.05, 4.69) is 20.9 Å². The second kappa shape index (κ2) is 14.8. The molecule has 4 amide bonds. The van der Waals surface area contributed by atoms with Gasteiger partial charge in [-0.15, -0.1) is 0 Å². The van der Waals surface area contributed by atoms with Crippen molar-refractivity contribution in [1.82, 2.24) is 25.8 Å². The quantitative estimate of drug-likeness (QED) is 0.316. The molecule has 234 valence electrons. The molecule has 4 bridgehead atoms. The zero-order valence-electron chi connectivity index (χ0n) is 25.0. The fourth-order valence-electron chi connectivity index (χ4n) is 5.18. The Morgan fingerprint density at radius 3 is 2.70 bits per heavy atom. The minimum Gasteiger partial charge on any atom is -0.491 e. The van der Waals surface area contributed by atoms with Gasteiger partial charge in [0, 0.05) is 50.6 Å². The third-order valence-corrected chi connectivity index (χ3v) is 7.51. The lowest BCUT2D eigenvalue weighted by Crippen LogP contribution is -2.58. The predicted octanol–water partition coefficient (Wildman–Crippen LogP) is 3.24. The van der Waals surface area contributed by atoms with Crippen LogP contribution >= 0.6 is 0 Å². The molecule has 3 aromatic rings. The first-order valence-electron chi connectivity index (χ1n) is 14.9. The number of methoxy groups -OCH3 is 1. The molecule has 4 N–H and O–H groups in total. The molecule has 2 aliphatic rings. The Morgan fingerprint density at radius 2 is 1.89 bits per heavy atom. The van der Waals surface area contributed by atoms with Crippen LogP contribution in [-0.2, 0) is 22.5 Å². The number of likely N-dealkylation sites (tertiary alicyclic amines) is 1. The van der Waals surface area contributed by atoms with E-state index in [1.807, 2.05) is 37.3 Å². The third-order valence-electron chi connectivity index (χ3n) is 7.51. The topological polar surface area (TPSA) is 143 Å². The second-order valence-corrected chi connectivity index (χ2v) is 10.7. The number of amides is 4. The van der Waals surface area contributed by atoms with Gasteiger partial charge in [-0.3, -0.25) is 9.59 Å². The summed E-state index contributed by atoms with van der Waals surface area (Å²) in [4.78, 5) is 44.0. The lowest BCUT2D eigenvalue weighted by atomic mass is 10.0. The Kier molecular flexibility index (Phi) is 10.4. The SMILES string of the molecule is CCc1ccc(C(=O)N2CC[C@@H]3NC(=O)NCCNC(=O)c4cc(OCCOC)cc(c4)Oc4cccc(c4)CO[C@H]3C2)[nH]1. The van der Waals surface area contributed by atoms with Crippen molar-refractivity contribution >= 4 is 17.8 Å². The van der Waals surface area contributed by atoms with E-state index < -0.39 is 6.10 Å². The van der Waals surface area contributed by atoms with Crippen LogP contribution in [0.4, 0.5) is 4.79 Å². The van der Waals surface area contributed by atoms with Crippen LogP contribution in [0, 0.1) is 0 Å². The molecule has 3 heterocycles. The highest BCUT2D eigenvalue weighted by atomic mass is 16.5. The van der Waals surface area contributed by atoms with E-state index in [-0.39, 0.29) is 43.6 Å². The van der Waals surface area contributed by atoms with Crippen molar-refractivity contribution < 1.29 is 33.3 Å². The van der Waals surface area contributed by atoms with Crippen molar-refractivity contribution in [3.8, 4) is 17.2 Å². The summed E-state index contributed by atoms with van der Waals surface area (Å²) in [5, 5.41) is 8.63. The molecule has 2 aromatic carbocycles. The number of hydrogen-bond acceptors (Lipinski definition) is 7. The second-order valence-electron chi connectivity index (χ2n) is 10.7. The smallest absolute Gasteiger partial charge is 0.315 e. The predicted molar refractivity (Wildman–Crippen MR) is 162 cm³/mol. The van der Waals surface area contributed by atoms with Crippen LogP contribution in [0.5, 0.6) is 17.2 Å². The molecule has 12 heteroatoms. The van der Waals surface area contributed by atoms with E-state index in [1.165, 1.54) is 0 Å². The van der Waals surface area contributed by atoms with Crippen molar-refractivity contribution in [2.24, 2.45) is 0 Å². The van der Waals surface area contributed by atoms with E-state index in [0.717, 1.165) is 17.7 Å². The van der Waals surface area contributed by atoms with Gasteiger partial charge in [-0.1, -0.05) is 19.1 Å². The molecule has 0 aliphatic carbocycles. The minimum atomic E-state index is -0.453. The number of ether oxygens (including phenoxy) is 4. The van der Waals surface area contributed by atoms with Gasteiger partial charge in [-0.2, -0.15) is 0 Å². The number of aryl methyl sites for hydroxylation is 1. The number of H-pyrrole nitrogens is 1. The van der Waals surface area contributed by atoms with Crippen molar-refractivity contribution in [1.29, 1.82) is 0 Å². The Morgan fingerprint density at radius 1 is 1.02 bits per heavy atom. The lowest BCUT2D eigenvalue weighted by Gasteiger charge is -2.38. The van der Waals surface area contributed by atoms with Gasteiger partial charge in [0.1, 0.15) is 29.5 Å². The van der Waals surface area contributed by atoms with Crippen molar-refractivity contribution in [2.45, 2.75) is 38.5 Å². The fourth-order valence-corrected chi connectivity index (χ4v) is 5.18. The van der Waals surface area contributed by atoms with Gasteiger partial charge in [0.25, 0.3) is 11.8 Å². The van der Waals surface area contributed by atoms with Gasteiger partial charge >= 0.3 is 6.03 Å². The van der Waals surface area contributed by atoms with Crippen molar-refractivity contribution in [3.05, 3.63) is 77.1 Å². The normalized spacial score (nSPS) is 19.3. The van der Waals surface area contributed by atoms with Gasteiger partial charge in [0.15, 0.2) is 0 Å². The molecule has 0 unspecified atom stereocenters. The molecule has 5 rings (SSSR count). The van der Waals surface area contributed by atoms with Crippen LogP contribution < -0.4 is 25.4 Å². The summed E-state index contributed by atoms with van der Waals surface area (Å²) in [5.41, 5.74) is 2.73. The minimum absolute atomic E-state index is 0.102. The summed E-state index contributed by atoms with van der Waals surface area (Å²) in [6, 6.07) is 15.5. The summed E-state index contributed by atoms with van der Waals surface area (Å²) in [5.74, 6) is 1.01. The molecule has 1 saturated heterocycles. The average molecular weight is 606 g/mol. The summed E-state index contributed by atoms with van der Waals surface area (Å²) >= 11 is 0. The molecule has 1 fully saturated rings. The highest BCUT2D eigenvalue weighted by Crippen LogP contribution is 2.29. The monoisotopic (exact) mass is 605 g/mol. The number of aromatic nitrogens is 1. The zero-order valence-corrected chi connectivity index (χ0v) is 25.0. The van der Waals surface area contributed by atoms with Gasteiger partial charge < -0.3 is 44.8 Å². The lowest BCUT2D eigenvalue weighted by molar-refractivity contribution is -0.0236. The van der Waals surface area contributed by atoms with Gasteiger partial charge in [0.2, 0.25) is 0 Å². The van der Waals surface area contributed by atoms with Crippen LogP contribution in [0.3, 0.4) is 0 Å². The summed E-state index contributed by atoms with van der Waals surface area (Å²) < 4.78 is 23.4. The Hall–Kier alpha value is -4.55. The number of fused-ring (bicyclic) bond motifs is 5. The van der Waals surface area contributed by atoms with E-state index in [1.54, 1.807) is 36.3 Å². The molecule has 0 radical (unpaired) electrons. The van der Waals surface area contributed by atoms with E-state index in [0.29, 0.717) is 61.2 Å². The Labute approximate surface area is 256 Å². The third kappa shape index (κ3) is 8.08. The number of rotatable bonds is 6. The van der Waals surface area contributed by atoms with E-state index in [4.69, 9.17) is 18.9 Å². The maximum Gasteiger partial charge on any atom is 0.315 e. The fraction of sp³-hybridized carbons (Fsp3) is 0.406. The summed E-state index contributed by atoms with van der Waals surface area (Å²) in [6.07, 6.45) is 0.876. The highest BCUT2D eigenvalue weighted by molar-refractivity contribution is 5.95. The number of aromatic amines is 1. The van der Waals surface area contributed by atoms with Crippen molar-refractivity contribution in [2.75, 3.05) is 46.5 Å². The number of benzene rings is 2. The Bertz CT molecular complexity index is 1460. The maximum atomic E-state index is 13.3. The van der Waals surface area contributed by atoms with Crippen LogP contribution in [0.15, 0.2) is 54.6 Å². The van der Waals surface area contributed by atoms with Gasteiger partial charge in [-0.25, -0.2) is 4.79 Å². The van der Waals surface area contributed by atoms with E-state index in [9.17, 15) is 14.4 Å². The molecular formula is C32H39N5O7. The largest absolute Gasteiger partial charge is 0.491 e. The van der Waals surface area contributed by atoms with Crippen molar-refractivity contribution in [3.63, 3.8) is 0 Å². The van der Waals surface area contributed by atoms with Crippen LogP contribution in [0.25, 0.3) is 0 Å². The number of carbonyl (C=O) groups excluding carboxylic acids is 3. The van der Waals surface area contributed by atoms with E-state index >= 15 is 0 Å². The van der Waals surface area contributed by atoms with Gasteiger partial charge in [-0.05, 0) is 54.8 Å². The standard InChI is InChI=1S/C32H39N5O7/c1-3-23-7-8-28(35-23)31(39)37-12-9-27-29(19-37)43-20-21-5-4-6-24(15-21)44-26-17-22(16-25(18-26)42-14-13-41-2)30(38)33-10-11-34-32(40)36-27/h4-8,15-18,27,29,35H,3,9-14,19-20H2,1-2H3,(H,33,38)(H2,34,36,40)/t27-,29-/m0/s1. The highest BCUT2D eigenvalue weighted by Gasteiger charge is 2.34. The number of nitrogens with one attached hydrogen (secondary N) is 4. The molecular weight excluding hydrogens is 566 g/mol. The van der Waals surface area contributed by atoms with Crippen LogP contribution in [0.1, 0.15) is 45.4 Å². The first-order chi connectivity index (χ1) is 21.4. The number of hydrogen-bond donors (Lipinski definition) is 4.